The number of amides is 2. The van der Waals surface area contributed by atoms with Crippen molar-refractivity contribution >= 4 is 27.5 Å². The monoisotopic (exact) mass is 471 g/mol. The maximum atomic E-state index is 13.0. The minimum absolute atomic E-state index is 0.0161. The molecule has 1 heterocycles. The predicted molar refractivity (Wildman–Crippen MR) is 129 cm³/mol. The molecule has 7 nitrogen and oxygen atoms in total. The highest BCUT2D eigenvalue weighted by atomic mass is 32.2. The lowest BCUT2D eigenvalue weighted by molar-refractivity contribution is -0.116. The molecule has 2 aromatic carbocycles. The average molecular weight is 472 g/mol. The normalized spacial score (nSPS) is 17.0. The molecule has 1 unspecified atom stereocenters. The largest absolute Gasteiger partial charge is 0.348 e. The summed E-state index contributed by atoms with van der Waals surface area (Å²) in [5, 5.41) is 5.72. The fourth-order valence-corrected chi connectivity index (χ4v) is 5.67. The summed E-state index contributed by atoms with van der Waals surface area (Å²) < 4.78 is 27.5. The Balaban J connectivity index is 1.60. The van der Waals surface area contributed by atoms with Crippen LogP contribution in [-0.2, 0) is 21.4 Å². The number of nitrogens with zero attached hydrogens (tertiary/aromatic N) is 1. The van der Waals surface area contributed by atoms with Gasteiger partial charge in [0.25, 0.3) is 5.91 Å². The van der Waals surface area contributed by atoms with Crippen LogP contribution in [0.1, 0.15) is 62.4 Å². The average Bonchev–Trinajstić information content (AvgIpc) is 2.77. The number of anilines is 1. The molecule has 1 aliphatic heterocycles. The van der Waals surface area contributed by atoms with Crippen LogP contribution in [0.15, 0.2) is 53.4 Å². The second-order valence-corrected chi connectivity index (χ2v) is 10.9. The number of nitrogens with one attached hydrogen (secondary N) is 2. The lowest BCUT2D eigenvalue weighted by atomic mass is 10.1. The molecule has 1 atom stereocenters. The number of sulfonamides is 1. The molecule has 178 valence electrons. The van der Waals surface area contributed by atoms with Gasteiger partial charge in [0, 0.05) is 36.8 Å². The number of hydrogen-bond acceptors (Lipinski definition) is 4. The molecule has 2 aromatic rings. The summed E-state index contributed by atoms with van der Waals surface area (Å²) in [7, 11) is -3.56. The van der Waals surface area contributed by atoms with Crippen LogP contribution in [0.25, 0.3) is 0 Å². The summed E-state index contributed by atoms with van der Waals surface area (Å²) in [6.45, 7) is 6.73. The van der Waals surface area contributed by atoms with Crippen LogP contribution in [0.5, 0.6) is 0 Å². The SMILES string of the molecule is CC(C)CC(=O)Nc1cccc(CNC(=O)c2ccc(S(=O)(=O)N3CCCCC3C)cc2)c1. The molecule has 8 heteroatoms. The molecule has 2 amide bonds. The van der Waals surface area contributed by atoms with Gasteiger partial charge >= 0.3 is 0 Å². The van der Waals surface area contributed by atoms with Crippen molar-refractivity contribution in [3.8, 4) is 0 Å². The standard InChI is InChI=1S/C25H33N3O4S/c1-18(2)15-24(29)27-22-9-6-8-20(16-22)17-26-25(30)21-10-12-23(13-11-21)33(31,32)28-14-5-4-7-19(28)3/h6,8-13,16,18-19H,4-5,7,14-15,17H2,1-3H3,(H,26,30)(H,27,29). The third-order valence-electron chi connectivity index (χ3n) is 5.72. The topological polar surface area (TPSA) is 95.6 Å². The van der Waals surface area contributed by atoms with Crippen LogP contribution < -0.4 is 10.6 Å². The minimum Gasteiger partial charge on any atom is -0.348 e. The second kappa shape index (κ2) is 10.9. The highest BCUT2D eigenvalue weighted by Crippen LogP contribution is 2.25. The molecule has 0 radical (unpaired) electrons. The first-order chi connectivity index (χ1) is 15.7. The van der Waals surface area contributed by atoms with Crippen molar-refractivity contribution in [1.29, 1.82) is 0 Å². The fourth-order valence-electron chi connectivity index (χ4n) is 3.97. The van der Waals surface area contributed by atoms with Gasteiger partial charge in [-0.05, 0) is 67.6 Å². The van der Waals surface area contributed by atoms with E-state index in [1.807, 2.05) is 45.0 Å². The fraction of sp³-hybridized carbons (Fsp3) is 0.440. The van der Waals surface area contributed by atoms with E-state index in [9.17, 15) is 18.0 Å². The van der Waals surface area contributed by atoms with E-state index in [2.05, 4.69) is 10.6 Å². The van der Waals surface area contributed by atoms with Crippen LogP contribution in [0.4, 0.5) is 5.69 Å². The van der Waals surface area contributed by atoms with Gasteiger partial charge in [-0.2, -0.15) is 4.31 Å². The van der Waals surface area contributed by atoms with Gasteiger partial charge < -0.3 is 10.6 Å². The first kappa shape index (κ1) is 24.9. The third-order valence-corrected chi connectivity index (χ3v) is 7.75. The van der Waals surface area contributed by atoms with Crippen molar-refractivity contribution in [1.82, 2.24) is 9.62 Å². The van der Waals surface area contributed by atoms with E-state index >= 15 is 0 Å². The second-order valence-electron chi connectivity index (χ2n) is 9.01. The van der Waals surface area contributed by atoms with Crippen LogP contribution in [0.2, 0.25) is 0 Å². The van der Waals surface area contributed by atoms with E-state index in [0.29, 0.717) is 24.2 Å². The third kappa shape index (κ3) is 6.65. The molecule has 1 aliphatic rings. The smallest absolute Gasteiger partial charge is 0.251 e. The molecular weight excluding hydrogens is 438 g/mol. The molecule has 33 heavy (non-hydrogen) atoms. The Kier molecular flexibility index (Phi) is 8.26. The summed E-state index contributed by atoms with van der Waals surface area (Å²) in [5.41, 5.74) is 1.93. The number of benzene rings is 2. The number of piperidine rings is 1. The van der Waals surface area contributed by atoms with Gasteiger partial charge in [0.05, 0.1) is 4.90 Å². The summed E-state index contributed by atoms with van der Waals surface area (Å²) in [4.78, 5) is 24.8. The van der Waals surface area contributed by atoms with Gasteiger partial charge in [-0.3, -0.25) is 9.59 Å². The molecule has 0 aromatic heterocycles. The highest BCUT2D eigenvalue weighted by Gasteiger charge is 2.30. The highest BCUT2D eigenvalue weighted by molar-refractivity contribution is 7.89. The lowest BCUT2D eigenvalue weighted by Gasteiger charge is -2.32. The van der Waals surface area contributed by atoms with Crippen LogP contribution in [-0.4, -0.2) is 37.1 Å². The number of carbonyl (C=O) groups excluding carboxylic acids is 2. The van der Waals surface area contributed by atoms with Gasteiger partial charge in [-0.25, -0.2) is 8.42 Å². The molecule has 0 aliphatic carbocycles. The van der Waals surface area contributed by atoms with Gasteiger partial charge in [-0.15, -0.1) is 0 Å². The Bertz CT molecular complexity index is 1080. The van der Waals surface area contributed by atoms with Crippen molar-refractivity contribution in [2.75, 3.05) is 11.9 Å². The Morgan fingerprint density at radius 2 is 1.82 bits per heavy atom. The van der Waals surface area contributed by atoms with Crippen molar-refractivity contribution in [2.45, 2.75) is 63.9 Å². The minimum atomic E-state index is -3.56. The summed E-state index contributed by atoms with van der Waals surface area (Å²) in [6.07, 6.45) is 3.22. The van der Waals surface area contributed by atoms with E-state index in [1.54, 1.807) is 16.4 Å². The zero-order valence-electron chi connectivity index (χ0n) is 19.5. The van der Waals surface area contributed by atoms with Crippen LogP contribution in [0.3, 0.4) is 0 Å². The van der Waals surface area contributed by atoms with Crippen molar-refractivity contribution in [3.63, 3.8) is 0 Å². The maximum Gasteiger partial charge on any atom is 0.251 e. The summed E-state index contributed by atoms with van der Waals surface area (Å²) in [5.74, 6) is -0.0585. The van der Waals surface area contributed by atoms with E-state index in [0.717, 1.165) is 24.8 Å². The van der Waals surface area contributed by atoms with E-state index in [1.165, 1.54) is 12.1 Å². The van der Waals surface area contributed by atoms with Crippen LogP contribution >= 0.6 is 0 Å². The summed E-state index contributed by atoms with van der Waals surface area (Å²) >= 11 is 0. The molecule has 1 saturated heterocycles. The quantitative estimate of drug-likeness (QED) is 0.604. The zero-order chi connectivity index (χ0) is 24.0. The molecule has 0 saturated carbocycles. The van der Waals surface area contributed by atoms with Crippen LogP contribution in [0, 0.1) is 5.92 Å². The Morgan fingerprint density at radius 1 is 1.09 bits per heavy atom. The van der Waals surface area contributed by atoms with Gasteiger partial charge in [0.15, 0.2) is 0 Å². The number of hydrogen-bond donors (Lipinski definition) is 2. The Morgan fingerprint density at radius 3 is 2.48 bits per heavy atom. The first-order valence-corrected chi connectivity index (χ1v) is 12.9. The maximum absolute atomic E-state index is 13.0. The molecule has 3 rings (SSSR count). The first-order valence-electron chi connectivity index (χ1n) is 11.5. The van der Waals surface area contributed by atoms with Crippen molar-refractivity contribution in [2.24, 2.45) is 5.92 Å². The molecule has 1 fully saturated rings. The van der Waals surface area contributed by atoms with E-state index in [4.69, 9.17) is 0 Å². The van der Waals surface area contributed by atoms with Gasteiger partial charge in [0.2, 0.25) is 15.9 Å². The van der Waals surface area contributed by atoms with Gasteiger partial charge in [-0.1, -0.05) is 32.4 Å². The molecular formula is C25H33N3O4S. The van der Waals surface area contributed by atoms with Gasteiger partial charge in [0.1, 0.15) is 0 Å². The van der Waals surface area contributed by atoms with E-state index < -0.39 is 10.0 Å². The zero-order valence-corrected chi connectivity index (χ0v) is 20.3. The Hall–Kier alpha value is -2.71. The number of carbonyl (C=O) groups is 2. The number of rotatable bonds is 8. The summed E-state index contributed by atoms with van der Waals surface area (Å²) in [6, 6.07) is 13.4. The lowest BCUT2D eigenvalue weighted by Crippen LogP contribution is -2.41. The molecule has 2 N–H and O–H groups in total. The van der Waals surface area contributed by atoms with Crippen molar-refractivity contribution < 1.29 is 18.0 Å². The predicted octanol–water partition coefficient (Wildman–Crippen LogP) is 4.16. The Labute approximate surface area is 196 Å². The molecule has 0 spiro atoms. The van der Waals surface area contributed by atoms with Crippen molar-refractivity contribution in [3.05, 3.63) is 59.7 Å². The van der Waals surface area contributed by atoms with E-state index in [-0.39, 0.29) is 35.2 Å². The molecule has 0 bridgehead atoms.